The molecule has 1 fully saturated rings. The minimum absolute atomic E-state index is 0.0855. The van der Waals surface area contributed by atoms with Crippen LogP contribution in [-0.4, -0.2) is 46.4 Å². The van der Waals surface area contributed by atoms with Gasteiger partial charge in [-0.3, -0.25) is 14.4 Å². The highest BCUT2D eigenvalue weighted by molar-refractivity contribution is 6.24. The Balaban J connectivity index is 1.33. The van der Waals surface area contributed by atoms with E-state index in [4.69, 9.17) is 9.47 Å². The van der Waals surface area contributed by atoms with Crippen molar-refractivity contribution in [1.29, 1.82) is 0 Å². The van der Waals surface area contributed by atoms with E-state index in [-0.39, 0.29) is 36.6 Å². The van der Waals surface area contributed by atoms with Crippen molar-refractivity contribution in [2.45, 2.75) is 120 Å². The van der Waals surface area contributed by atoms with E-state index in [1.54, 1.807) is 0 Å². The molecule has 0 unspecified atom stereocenters. The first-order chi connectivity index (χ1) is 28.2. The summed E-state index contributed by atoms with van der Waals surface area (Å²) in [5.74, 6) is -1.13. The Kier molecular flexibility index (Phi) is 13.6. The molecule has 0 spiro atoms. The van der Waals surface area contributed by atoms with Gasteiger partial charge in [0.2, 0.25) is 0 Å². The van der Waals surface area contributed by atoms with Crippen LogP contribution in [0.3, 0.4) is 0 Å². The van der Waals surface area contributed by atoms with Gasteiger partial charge in [0.05, 0.1) is 12.8 Å². The molecule has 4 N–H and O–H groups in total. The van der Waals surface area contributed by atoms with Gasteiger partial charge in [-0.1, -0.05) is 78.5 Å². The average molecular weight is 803 g/mol. The van der Waals surface area contributed by atoms with E-state index in [9.17, 15) is 14.4 Å². The number of nitrogens with one attached hydrogen (secondary N) is 4. The Morgan fingerprint density at radius 1 is 0.898 bits per heavy atom. The van der Waals surface area contributed by atoms with Crippen LogP contribution in [-0.2, 0) is 25.5 Å². The van der Waals surface area contributed by atoms with E-state index in [0.717, 1.165) is 92.5 Å². The molecule has 3 aromatic rings. The van der Waals surface area contributed by atoms with Gasteiger partial charge in [-0.2, -0.15) is 0 Å². The number of ketones is 1. The Labute approximate surface area is 350 Å². The van der Waals surface area contributed by atoms with Crippen LogP contribution in [0.5, 0.6) is 0 Å². The van der Waals surface area contributed by atoms with Crippen molar-refractivity contribution in [3.63, 3.8) is 0 Å². The lowest BCUT2D eigenvalue weighted by Gasteiger charge is -2.19. The van der Waals surface area contributed by atoms with Crippen molar-refractivity contribution < 1.29 is 23.9 Å². The Bertz CT molecular complexity index is 2340. The van der Waals surface area contributed by atoms with E-state index < -0.39 is 11.9 Å². The fraction of sp³-hybridized carbons (Fsp3) is 0.500. The Morgan fingerprint density at radius 3 is 2.31 bits per heavy atom. The maximum absolute atomic E-state index is 14.4. The molecule has 9 heteroatoms. The molecule has 9 nitrogen and oxygen atoms in total. The van der Waals surface area contributed by atoms with Crippen LogP contribution in [0.25, 0.3) is 29.9 Å². The van der Waals surface area contributed by atoms with E-state index >= 15 is 0 Å². The third-order valence-electron chi connectivity index (χ3n) is 13.2. The number of aromatic nitrogens is 3. The topological polar surface area (TPSA) is 129 Å². The molecule has 4 atom stereocenters. The zero-order chi connectivity index (χ0) is 42.7. The van der Waals surface area contributed by atoms with Crippen molar-refractivity contribution in [2.75, 3.05) is 13.7 Å². The number of carbonyl (C=O) groups excluding carboxylic acids is 3. The fourth-order valence-corrected chi connectivity index (χ4v) is 9.47. The molecule has 3 aromatic heterocycles. The number of aromatic amines is 3. The number of H-pyrrole nitrogens is 3. The zero-order valence-electron chi connectivity index (χ0n) is 37.1. The lowest BCUT2D eigenvalue weighted by Crippen LogP contribution is -2.25. The first-order valence-electron chi connectivity index (χ1n) is 21.8. The fourth-order valence-electron chi connectivity index (χ4n) is 9.47. The van der Waals surface area contributed by atoms with Gasteiger partial charge in [-0.05, 0) is 112 Å². The number of fused-ring (bicyclic) bond motifs is 7. The normalized spacial score (nSPS) is 22.3. The first kappa shape index (κ1) is 43.5. The summed E-state index contributed by atoms with van der Waals surface area (Å²) in [6, 6.07) is 0. The van der Waals surface area contributed by atoms with E-state index in [1.165, 1.54) is 43.9 Å². The molecule has 6 rings (SSSR count). The number of ether oxygens (including phenoxy) is 2. The molecule has 0 saturated carbocycles. The lowest BCUT2D eigenvalue weighted by molar-refractivity contribution is -0.143. The highest BCUT2D eigenvalue weighted by Gasteiger charge is 2.48. The largest absolute Gasteiger partial charge is 0.468 e. The molecule has 2 aliphatic heterocycles. The van der Waals surface area contributed by atoms with E-state index in [0.29, 0.717) is 23.3 Å². The highest BCUT2D eigenvalue weighted by atomic mass is 16.5. The van der Waals surface area contributed by atoms with E-state index in [1.807, 2.05) is 19.1 Å². The van der Waals surface area contributed by atoms with Crippen LogP contribution in [0.4, 0.5) is 0 Å². The second-order valence-electron chi connectivity index (χ2n) is 17.7. The standard InChI is InChI=1S/C50H66N4O5/c1-12-34-30(7)37-24-39-32(9)36(20-21-43(55)59-23-22-29(6)19-15-18-28(5)17-14-16-27(3)4)47(53-39)45-46(50(57)58-11)49(56)44-33(10)40(54-48(44)45)26-42-35(13-2)31(8)38(52-42)25-41(34)51-37/h12,22,24-28,32,36,46,51-54H,1,13-21,23H2,2-11H3/b29-22-,38-25-,39-24-,42-26-,47-45-/t28-,32+,36+,46-/m1/s1. The van der Waals surface area contributed by atoms with Gasteiger partial charge in [0.25, 0.3) is 0 Å². The third-order valence-corrected chi connectivity index (χ3v) is 13.2. The van der Waals surface area contributed by atoms with Crippen LogP contribution in [0.2, 0.25) is 0 Å². The molecule has 1 aliphatic carbocycles. The molecule has 0 amide bonds. The number of Topliss-reactive ketones (excluding diaryl/α,β-unsaturated/α-hetero) is 1. The number of rotatable bonds is 16. The monoisotopic (exact) mass is 803 g/mol. The van der Waals surface area contributed by atoms with Crippen molar-refractivity contribution in [3.05, 3.63) is 96.5 Å². The van der Waals surface area contributed by atoms with Gasteiger partial charge in [0.1, 0.15) is 12.5 Å². The van der Waals surface area contributed by atoms with Crippen LogP contribution in [0, 0.1) is 50.4 Å². The number of methoxy groups -OCH3 is 1. The number of allylic oxidation sites excluding steroid dienone is 3. The van der Waals surface area contributed by atoms with Gasteiger partial charge >= 0.3 is 11.9 Å². The molecule has 59 heavy (non-hydrogen) atoms. The average Bonchev–Trinajstić information content (AvgIpc) is 3.94. The molecule has 3 aliphatic rings. The van der Waals surface area contributed by atoms with Crippen LogP contribution in [0.1, 0.15) is 154 Å². The molecule has 1 saturated heterocycles. The lowest BCUT2D eigenvalue weighted by atomic mass is 9.85. The Hall–Kier alpha value is -5.05. The number of hydrogen-bond acceptors (Lipinski definition) is 6. The quantitative estimate of drug-likeness (QED) is 0.0650. The van der Waals surface area contributed by atoms with Crippen LogP contribution >= 0.6 is 0 Å². The second kappa shape index (κ2) is 18.5. The van der Waals surface area contributed by atoms with Crippen molar-refractivity contribution in [1.82, 2.24) is 20.3 Å². The molecular weight excluding hydrogens is 737 g/mol. The predicted octanol–water partition coefficient (Wildman–Crippen LogP) is 9.27. The van der Waals surface area contributed by atoms with Gasteiger partial charge in [0.15, 0.2) is 5.78 Å². The summed E-state index contributed by atoms with van der Waals surface area (Å²) in [6.45, 7) is 23.9. The second-order valence-corrected chi connectivity index (χ2v) is 17.7. The van der Waals surface area contributed by atoms with Gasteiger partial charge in [0, 0.05) is 74.1 Å². The number of carbonyl (C=O) groups is 3. The summed E-state index contributed by atoms with van der Waals surface area (Å²) in [5.41, 5.74) is 12.5. The molecule has 8 bridgehead atoms. The minimum atomic E-state index is -1.14. The predicted molar refractivity (Wildman–Crippen MR) is 239 cm³/mol. The zero-order valence-corrected chi connectivity index (χ0v) is 37.1. The third kappa shape index (κ3) is 8.95. The minimum Gasteiger partial charge on any atom is -0.468 e. The maximum Gasteiger partial charge on any atom is 0.321 e. The molecule has 0 radical (unpaired) electrons. The van der Waals surface area contributed by atoms with E-state index in [2.05, 4.69) is 100 Å². The summed E-state index contributed by atoms with van der Waals surface area (Å²) < 4.78 is 11.1. The van der Waals surface area contributed by atoms with Crippen molar-refractivity contribution >= 4 is 47.6 Å². The number of esters is 2. The molecule has 0 aromatic carbocycles. The summed E-state index contributed by atoms with van der Waals surface area (Å²) >= 11 is 0. The molecule has 316 valence electrons. The summed E-state index contributed by atoms with van der Waals surface area (Å²) in [6.07, 6.45) is 18.9. The van der Waals surface area contributed by atoms with Crippen molar-refractivity contribution in [2.24, 2.45) is 29.6 Å². The maximum atomic E-state index is 14.4. The summed E-state index contributed by atoms with van der Waals surface area (Å²) in [7, 11) is 1.32. The van der Waals surface area contributed by atoms with Gasteiger partial charge in [-0.15, -0.1) is 0 Å². The van der Waals surface area contributed by atoms with Gasteiger partial charge < -0.3 is 29.7 Å². The molecule has 5 heterocycles. The van der Waals surface area contributed by atoms with Gasteiger partial charge in [-0.25, -0.2) is 0 Å². The summed E-state index contributed by atoms with van der Waals surface area (Å²) in [4.78, 5) is 52.2. The SMILES string of the molecule is C=Cc1c2[nH]c(c1C)/C=C1\N/C(=C3\c4[nH]c(c(C)c4C(=O)[C@@H]3C(=O)OC)/C=c3\[nH]/c(c(C)c3CC)=C\2)[C@@H](CCC(=O)OC/C=C(/C)CCC[C@H](C)CCCC(C)C)[C@@H]1C. The van der Waals surface area contributed by atoms with Crippen molar-refractivity contribution in [3.8, 4) is 0 Å². The summed E-state index contributed by atoms with van der Waals surface area (Å²) in [5, 5.41) is 5.65. The highest BCUT2D eigenvalue weighted by Crippen LogP contribution is 2.48. The van der Waals surface area contributed by atoms with Crippen LogP contribution < -0.4 is 16.0 Å². The molecular formula is C50H66N4O5. The number of hydrogen-bond donors (Lipinski definition) is 4. The smallest absolute Gasteiger partial charge is 0.321 e. The first-order valence-corrected chi connectivity index (χ1v) is 21.8. The Morgan fingerprint density at radius 2 is 1.61 bits per heavy atom. The van der Waals surface area contributed by atoms with Crippen LogP contribution in [0.15, 0.2) is 29.6 Å².